The number of allylic oxidation sites excluding steroid dienone is 2. The predicted octanol–water partition coefficient (Wildman–Crippen LogP) is 2.89. The van der Waals surface area contributed by atoms with Crippen molar-refractivity contribution in [3.05, 3.63) is 11.3 Å². The molecular weight excluding hydrogens is 197 g/mol. The van der Waals surface area contributed by atoms with E-state index in [0.29, 0.717) is 12.8 Å². The normalized spacial score (nSPS) is 23.2. The first-order valence-electron chi connectivity index (χ1n) is 4.45. The summed E-state index contributed by atoms with van der Waals surface area (Å²) in [5, 5.41) is 8.84. The average molecular weight is 208 g/mol. The minimum Gasteiger partial charge on any atom is -0.504 e. The van der Waals surface area contributed by atoms with Gasteiger partial charge in [-0.15, -0.1) is 0 Å². The molecule has 0 amide bonds. The van der Waals surface area contributed by atoms with E-state index in [1.54, 1.807) is 0 Å². The maximum absolute atomic E-state index is 12.1. The summed E-state index contributed by atoms with van der Waals surface area (Å²) in [6, 6.07) is 0. The number of aliphatic hydroxyl groups excluding tert-OH is 1. The fourth-order valence-electron chi connectivity index (χ4n) is 1.48. The van der Waals surface area contributed by atoms with Crippen LogP contribution in [-0.2, 0) is 4.79 Å². The van der Waals surface area contributed by atoms with E-state index in [2.05, 4.69) is 0 Å². The quantitative estimate of drug-likeness (QED) is 0.377. The number of hydrogen-bond donors (Lipinski definition) is 1. The van der Waals surface area contributed by atoms with Gasteiger partial charge in [0.15, 0.2) is 5.78 Å². The minimum absolute atomic E-state index is 0.0319. The topological polar surface area (TPSA) is 37.3 Å². The number of alkyl halides is 3. The molecule has 0 heterocycles. The maximum atomic E-state index is 12.1. The number of carbonyl (C=O) groups is 1. The Morgan fingerprint density at radius 3 is 2.29 bits per heavy atom. The van der Waals surface area contributed by atoms with Crippen molar-refractivity contribution in [1.82, 2.24) is 0 Å². The summed E-state index contributed by atoms with van der Waals surface area (Å²) >= 11 is 0. The number of Topliss-reactive ketones (excluding diaryl/α,β-unsaturated/α-hetero) is 1. The molecule has 1 N–H and O–H groups in total. The molecule has 0 spiro atoms. The second kappa shape index (κ2) is 4.02. The van der Waals surface area contributed by atoms with Crippen LogP contribution in [0.25, 0.3) is 0 Å². The third kappa shape index (κ3) is 2.49. The molecule has 0 atom stereocenters. The lowest BCUT2D eigenvalue weighted by atomic mass is 10.1. The average Bonchev–Trinajstić information content (AvgIpc) is 2.27. The molecule has 5 heteroatoms. The molecule has 14 heavy (non-hydrogen) atoms. The molecule has 1 rings (SSSR count). The Bertz CT molecular complexity index is 266. The van der Waals surface area contributed by atoms with Gasteiger partial charge in [0.05, 0.1) is 0 Å². The zero-order valence-corrected chi connectivity index (χ0v) is 7.52. The third-order valence-electron chi connectivity index (χ3n) is 2.22. The van der Waals surface area contributed by atoms with Gasteiger partial charge in [0.2, 0.25) is 5.76 Å². The summed E-state index contributed by atoms with van der Waals surface area (Å²) in [6.45, 7) is 0. The fourth-order valence-corrected chi connectivity index (χ4v) is 1.48. The second-order valence-corrected chi connectivity index (χ2v) is 3.31. The van der Waals surface area contributed by atoms with E-state index in [9.17, 15) is 18.0 Å². The lowest BCUT2D eigenvalue weighted by molar-refractivity contribution is -0.127. The van der Waals surface area contributed by atoms with Gasteiger partial charge >= 0.3 is 6.18 Å². The van der Waals surface area contributed by atoms with E-state index in [1.165, 1.54) is 0 Å². The van der Waals surface area contributed by atoms with Gasteiger partial charge in [0, 0.05) is 12.0 Å². The Kier molecular flexibility index (Phi) is 3.18. The lowest BCUT2D eigenvalue weighted by Crippen LogP contribution is -2.17. The molecule has 1 aliphatic carbocycles. The number of halogens is 3. The van der Waals surface area contributed by atoms with Crippen LogP contribution in [0.15, 0.2) is 11.3 Å². The first-order chi connectivity index (χ1) is 6.43. The lowest BCUT2D eigenvalue weighted by Gasteiger charge is -2.09. The van der Waals surface area contributed by atoms with E-state index in [-0.39, 0.29) is 12.8 Å². The Morgan fingerprint density at radius 1 is 1.14 bits per heavy atom. The zero-order chi connectivity index (χ0) is 10.8. The van der Waals surface area contributed by atoms with Crippen LogP contribution in [0.4, 0.5) is 13.2 Å². The first-order valence-corrected chi connectivity index (χ1v) is 4.45. The zero-order valence-electron chi connectivity index (χ0n) is 7.52. The fraction of sp³-hybridized carbons (Fsp3) is 0.667. The van der Waals surface area contributed by atoms with Crippen molar-refractivity contribution in [2.45, 2.75) is 38.3 Å². The summed E-state index contributed by atoms with van der Waals surface area (Å²) in [5.74, 6) is -2.28. The summed E-state index contributed by atoms with van der Waals surface area (Å²) in [6.07, 6.45) is -2.79. The highest BCUT2D eigenvalue weighted by Gasteiger charge is 2.38. The van der Waals surface area contributed by atoms with E-state index < -0.39 is 23.3 Å². The molecule has 1 aliphatic rings. The molecule has 0 bridgehead atoms. The van der Waals surface area contributed by atoms with Gasteiger partial charge in [-0.3, -0.25) is 4.79 Å². The number of carbonyl (C=O) groups excluding carboxylic acids is 1. The largest absolute Gasteiger partial charge is 0.504 e. The molecule has 0 radical (unpaired) electrons. The van der Waals surface area contributed by atoms with Crippen molar-refractivity contribution >= 4 is 5.78 Å². The Morgan fingerprint density at radius 2 is 1.71 bits per heavy atom. The van der Waals surface area contributed by atoms with Gasteiger partial charge in [0.25, 0.3) is 0 Å². The summed E-state index contributed by atoms with van der Waals surface area (Å²) in [5.41, 5.74) is -0.449. The van der Waals surface area contributed by atoms with Crippen molar-refractivity contribution in [2.75, 3.05) is 0 Å². The van der Waals surface area contributed by atoms with Gasteiger partial charge in [-0.25, -0.2) is 0 Å². The molecular formula is C9H11F3O2. The van der Waals surface area contributed by atoms with Gasteiger partial charge in [0.1, 0.15) is 0 Å². The van der Waals surface area contributed by atoms with Crippen LogP contribution < -0.4 is 0 Å². The van der Waals surface area contributed by atoms with Crippen molar-refractivity contribution in [1.29, 1.82) is 0 Å². The van der Waals surface area contributed by atoms with Crippen LogP contribution in [0.1, 0.15) is 32.1 Å². The molecule has 1 fully saturated rings. The molecule has 80 valence electrons. The van der Waals surface area contributed by atoms with Crippen LogP contribution >= 0.6 is 0 Å². The van der Waals surface area contributed by atoms with Crippen molar-refractivity contribution in [2.24, 2.45) is 0 Å². The highest BCUT2D eigenvalue weighted by atomic mass is 19.4. The molecule has 1 saturated carbocycles. The highest BCUT2D eigenvalue weighted by molar-refractivity contribution is 5.96. The third-order valence-corrected chi connectivity index (χ3v) is 2.22. The van der Waals surface area contributed by atoms with E-state index in [4.69, 9.17) is 5.11 Å². The van der Waals surface area contributed by atoms with Crippen LogP contribution in [0.3, 0.4) is 0 Å². The van der Waals surface area contributed by atoms with E-state index >= 15 is 0 Å². The molecule has 0 aliphatic heterocycles. The van der Waals surface area contributed by atoms with Crippen molar-refractivity contribution in [3.8, 4) is 0 Å². The van der Waals surface area contributed by atoms with Crippen LogP contribution in [0.2, 0.25) is 0 Å². The van der Waals surface area contributed by atoms with Gasteiger partial charge in [-0.05, 0) is 19.3 Å². The summed E-state index contributed by atoms with van der Waals surface area (Å²) in [4.78, 5) is 11.2. The smallest absolute Gasteiger partial charge is 0.449 e. The summed E-state index contributed by atoms with van der Waals surface area (Å²) < 4.78 is 36.2. The van der Waals surface area contributed by atoms with Crippen LogP contribution in [-0.4, -0.2) is 17.1 Å². The van der Waals surface area contributed by atoms with Gasteiger partial charge in [-0.1, -0.05) is 6.42 Å². The number of hydrogen-bond acceptors (Lipinski definition) is 2. The van der Waals surface area contributed by atoms with Crippen LogP contribution in [0, 0.1) is 0 Å². The number of ketones is 1. The Hall–Kier alpha value is -1.00. The molecule has 0 saturated heterocycles. The summed E-state index contributed by atoms with van der Waals surface area (Å²) in [7, 11) is 0. The Balaban J connectivity index is 2.97. The predicted molar refractivity (Wildman–Crippen MR) is 43.8 cm³/mol. The van der Waals surface area contributed by atoms with Crippen molar-refractivity contribution < 1.29 is 23.1 Å². The number of aliphatic hydroxyl groups is 1. The van der Waals surface area contributed by atoms with Gasteiger partial charge in [-0.2, -0.15) is 13.2 Å². The first kappa shape index (κ1) is 11.1. The second-order valence-electron chi connectivity index (χ2n) is 3.31. The minimum atomic E-state index is -4.80. The van der Waals surface area contributed by atoms with E-state index in [0.717, 1.165) is 6.42 Å². The van der Waals surface area contributed by atoms with Crippen molar-refractivity contribution in [3.63, 3.8) is 0 Å². The standard InChI is InChI=1S/C9H11F3O2/c10-9(11,12)8(14)6-4-2-1-3-5-7(6)13/h14H,1-5H2. The molecule has 0 aromatic carbocycles. The van der Waals surface area contributed by atoms with E-state index in [1.807, 2.05) is 0 Å². The maximum Gasteiger partial charge on any atom is 0.449 e. The van der Waals surface area contributed by atoms with Crippen LogP contribution in [0.5, 0.6) is 0 Å². The Labute approximate surface area is 79.4 Å². The molecule has 0 aromatic rings. The molecule has 0 unspecified atom stereocenters. The molecule has 2 nitrogen and oxygen atoms in total. The number of rotatable bonds is 0. The highest BCUT2D eigenvalue weighted by Crippen LogP contribution is 2.30. The monoisotopic (exact) mass is 208 g/mol. The SMILES string of the molecule is O=C1CCCCCC1=C(O)C(F)(F)F. The molecule has 0 aromatic heterocycles. The van der Waals surface area contributed by atoms with Gasteiger partial charge < -0.3 is 5.11 Å².